The molecule has 1 aliphatic heterocycles. The number of hydrogen-bond acceptors (Lipinski definition) is 11. The number of rotatable bonds is 15. The average Bonchev–Trinajstić information content (AvgIpc) is 3.10. The average molecular weight is 709 g/mol. The lowest BCUT2D eigenvalue weighted by atomic mass is 9.95. The molecule has 50 heavy (non-hydrogen) atoms. The highest BCUT2D eigenvalue weighted by Gasteiger charge is 2.32. The first kappa shape index (κ1) is 37.1. The molecule has 0 aromatic heterocycles. The zero-order valence-electron chi connectivity index (χ0n) is 28.1. The standard InChI is InChI=1S/C35H37ClN4O10/c1-6-47-33(42)23-10-8-21(9-11-23)18-50-32-25(36)14-22(15-28(32)46-5)17-37-40-29(41)19-49-26-13-12-24(16-27(26)45-4)31-30(34(43)48-7-2)20(3)38-35(44)39-31/h8-17,31H,6-7,18-19H2,1-5H3,(H,40,41)(H2,38,39,44)/b37-17+/t31-/m0/s1. The van der Waals surface area contributed by atoms with Gasteiger partial charge in [-0.1, -0.05) is 29.8 Å². The Labute approximate surface area is 293 Å². The molecular weight excluding hydrogens is 672 g/mol. The maximum atomic E-state index is 12.6. The summed E-state index contributed by atoms with van der Waals surface area (Å²) in [5, 5.41) is 9.54. The molecule has 0 saturated carbocycles. The van der Waals surface area contributed by atoms with Crippen LogP contribution in [0.1, 0.15) is 53.9 Å². The van der Waals surface area contributed by atoms with Crippen LogP contribution in [0, 0.1) is 0 Å². The van der Waals surface area contributed by atoms with Gasteiger partial charge in [-0.25, -0.2) is 19.8 Å². The number of amides is 3. The monoisotopic (exact) mass is 708 g/mol. The number of ether oxygens (including phenoxy) is 6. The van der Waals surface area contributed by atoms with Crippen LogP contribution in [0.5, 0.6) is 23.0 Å². The van der Waals surface area contributed by atoms with Crippen LogP contribution < -0.4 is 35.0 Å². The highest BCUT2D eigenvalue weighted by Crippen LogP contribution is 2.37. The van der Waals surface area contributed by atoms with Crippen LogP contribution in [0.25, 0.3) is 0 Å². The summed E-state index contributed by atoms with van der Waals surface area (Å²) in [6, 6.07) is 13.6. The molecule has 0 saturated heterocycles. The van der Waals surface area contributed by atoms with E-state index in [0.717, 1.165) is 5.56 Å². The minimum atomic E-state index is -0.799. The van der Waals surface area contributed by atoms with Crippen molar-refractivity contribution in [3.8, 4) is 23.0 Å². The normalized spacial score (nSPS) is 14.0. The van der Waals surface area contributed by atoms with Gasteiger partial charge in [0.1, 0.15) is 6.61 Å². The summed E-state index contributed by atoms with van der Waals surface area (Å²) in [4.78, 5) is 49.2. The quantitative estimate of drug-likeness (QED) is 0.113. The van der Waals surface area contributed by atoms with Crippen molar-refractivity contribution in [2.24, 2.45) is 5.10 Å². The lowest BCUT2D eigenvalue weighted by Crippen LogP contribution is -2.45. The first-order valence-corrected chi connectivity index (χ1v) is 15.8. The highest BCUT2D eigenvalue weighted by atomic mass is 35.5. The van der Waals surface area contributed by atoms with Crippen LogP contribution in [-0.4, -0.2) is 64.1 Å². The van der Waals surface area contributed by atoms with Crippen molar-refractivity contribution in [3.63, 3.8) is 0 Å². The molecule has 14 nitrogen and oxygen atoms in total. The first-order chi connectivity index (χ1) is 24.1. The maximum absolute atomic E-state index is 12.6. The van der Waals surface area contributed by atoms with Crippen molar-refractivity contribution in [2.75, 3.05) is 34.0 Å². The highest BCUT2D eigenvalue weighted by molar-refractivity contribution is 6.32. The molecule has 0 fully saturated rings. The fourth-order valence-electron chi connectivity index (χ4n) is 4.82. The molecule has 3 amide bonds. The van der Waals surface area contributed by atoms with Gasteiger partial charge in [0.05, 0.1) is 55.8 Å². The summed E-state index contributed by atoms with van der Waals surface area (Å²) in [5.41, 5.74) is 5.30. The molecule has 1 atom stereocenters. The van der Waals surface area contributed by atoms with E-state index in [1.807, 2.05) is 0 Å². The molecule has 3 aromatic rings. The molecular formula is C35H37ClN4O10. The van der Waals surface area contributed by atoms with Crippen LogP contribution >= 0.6 is 11.6 Å². The molecule has 0 aliphatic carbocycles. The third-order valence-electron chi connectivity index (χ3n) is 7.15. The number of urea groups is 1. The Balaban J connectivity index is 1.35. The third kappa shape index (κ3) is 9.44. The Kier molecular flexibility index (Phi) is 13.0. The Morgan fingerprint density at radius 2 is 1.60 bits per heavy atom. The van der Waals surface area contributed by atoms with E-state index >= 15 is 0 Å². The van der Waals surface area contributed by atoms with Crippen LogP contribution in [0.4, 0.5) is 4.79 Å². The number of methoxy groups -OCH3 is 2. The molecule has 4 rings (SSSR count). The molecule has 1 aliphatic rings. The SMILES string of the molecule is CCOC(=O)C1=C(C)NC(=O)N[C@H]1c1ccc(OCC(=O)N/N=C/c2cc(Cl)c(OCc3ccc(C(=O)OCC)cc3)c(OC)c2)c(OC)c1. The fourth-order valence-corrected chi connectivity index (χ4v) is 5.10. The molecule has 264 valence electrons. The number of hydrogen-bond donors (Lipinski definition) is 3. The zero-order chi connectivity index (χ0) is 36.2. The van der Waals surface area contributed by atoms with Gasteiger partial charge in [0, 0.05) is 5.70 Å². The van der Waals surface area contributed by atoms with Gasteiger partial charge in [0.25, 0.3) is 5.91 Å². The van der Waals surface area contributed by atoms with Crippen molar-refractivity contribution in [1.29, 1.82) is 0 Å². The lowest BCUT2D eigenvalue weighted by molar-refractivity contribution is -0.139. The van der Waals surface area contributed by atoms with Gasteiger partial charge in [0.15, 0.2) is 29.6 Å². The lowest BCUT2D eigenvalue weighted by Gasteiger charge is -2.28. The topological polar surface area (TPSA) is 172 Å². The molecule has 0 bridgehead atoms. The Bertz CT molecular complexity index is 1790. The van der Waals surface area contributed by atoms with Gasteiger partial charge < -0.3 is 39.1 Å². The van der Waals surface area contributed by atoms with Crippen molar-refractivity contribution in [3.05, 3.63) is 93.1 Å². The van der Waals surface area contributed by atoms with E-state index < -0.39 is 36.5 Å². The van der Waals surface area contributed by atoms with E-state index in [1.165, 1.54) is 20.4 Å². The van der Waals surface area contributed by atoms with E-state index in [4.69, 9.17) is 40.0 Å². The summed E-state index contributed by atoms with van der Waals surface area (Å²) in [6.07, 6.45) is 1.38. The number of hydrazone groups is 1. The fraction of sp³-hybridized carbons (Fsp3) is 0.286. The Morgan fingerprint density at radius 3 is 2.28 bits per heavy atom. The molecule has 0 radical (unpaired) electrons. The zero-order valence-corrected chi connectivity index (χ0v) is 28.8. The van der Waals surface area contributed by atoms with Gasteiger partial charge in [0.2, 0.25) is 0 Å². The molecule has 3 aromatic carbocycles. The second-order valence-electron chi connectivity index (χ2n) is 10.5. The van der Waals surface area contributed by atoms with E-state index in [-0.39, 0.29) is 35.3 Å². The summed E-state index contributed by atoms with van der Waals surface area (Å²) in [7, 11) is 2.89. The largest absolute Gasteiger partial charge is 0.493 e. The van der Waals surface area contributed by atoms with Gasteiger partial charge in [-0.3, -0.25) is 4.79 Å². The molecule has 1 heterocycles. The number of allylic oxidation sites excluding steroid dienone is 1. The summed E-state index contributed by atoms with van der Waals surface area (Å²) >= 11 is 6.48. The van der Waals surface area contributed by atoms with E-state index in [0.29, 0.717) is 40.5 Å². The Morgan fingerprint density at radius 1 is 0.900 bits per heavy atom. The van der Waals surface area contributed by atoms with E-state index in [2.05, 4.69) is 21.2 Å². The minimum absolute atomic E-state index is 0.163. The van der Waals surface area contributed by atoms with E-state index in [9.17, 15) is 19.2 Å². The molecule has 3 N–H and O–H groups in total. The number of nitrogens with zero attached hydrogens (tertiary/aromatic N) is 1. The molecule has 0 spiro atoms. The predicted octanol–water partition coefficient (Wildman–Crippen LogP) is 4.83. The second-order valence-corrected chi connectivity index (χ2v) is 10.9. The maximum Gasteiger partial charge on any atom is 0.338 e. The number of esters is 2. The van der Waals surface area contributed by atoms with Gasteiger partial charge in [-0.05, 0) is 73.9 Å². The number of halogens is 1. The third-order valence-corrected chi connectivity index (χ3v) is 7.43. The van der Waals surface area contributed by atoms with Crippen LogP contribution in [0.2, 0.25) is 5.02 Å². The van der Waals surface area contributed by atoms with Gasteiger partial charge >= 0.3 is 18.0 Å². The van der Waals surface area contributed by atoms with Crippen LogP contribution in [0.3, 0.4) is 0 Å². The van der Waals surface area contributed by atoms with Gasteiger partial charge in [-0.15, -0.1) is 0 Å². The number of carbonyl (C=O) groups is 4. The minimum Gasteiger partial charge on any atom is -0.493 e. The van der Waals surface area contributed by atoms with Crippen LogP contribution in [0.15, 0.2) is 71.0 Å². The summed E-state index contributed by atoms with van der Waals surface area (Å²) in [5.74, 6) is -0.363. The second kappa shape index (κ2) is 17.6. The van der Waals surface area contributed by atoms with Crippen molar-refractivity contribution >= 4 is 41.7 Å². The van der Waals surface area contributed by atoms with E-state index in [1.54, 1.807) is 75.4 Å². The number of benzene rings is 3. The van der Waals surface area contributed by atoms with Crippen molar-refractivity contribution in [1.82, 2.24) is 16.1 Å². The molecule has 15 heteroatoms. The molecule has 0 unspecified atom stereocenters. The van der Waals surface area contributed by atoms with Crippen molar-refractivity contribution in [2.45, 2.75) is 33.4 Å². The van der Waals surface area contributed by atoms with Crippen LogP contribution in [-0.2, 0) is 25.7 Å². The van der Waals surface area contributed by atoms with Gasteiger partial charge in [-0.2, -0.15) is 5.10 Å². The Hall–Kier alpha value is -5.76. The number of carbonyl (C=O) groups excluding carboxylic acids is 4. The predicted molar refractivity (Wildman–Crippen MR) is 183 cm³/mol. The summed E-state index contributed by atoms with van der Waals surface area (Å²) in [6.45, 7) is 5.26. The smallest absolute Gasteiger partial charge is 0.338 e. The first-order valence-electron chi connectivity index (χ1n) is 15.4. The number of nitrogens with one attached hydrogen (secondary N) is 3. The van der Waals surface area contributed by atoms with Crippen molar-refractivity contribution < 1.29 is 47.6 Å². The summed E-state index contributed by atoms with van der Waals surface area (Å²) < 4.78 is 32.6.